The van der Waals surface area contributed by atoms with E-state index < -0.39 is 0 Å². The summed E-state index contributed by atoms with van der Waals surface area (Å²) in [6.45, 7) is 3.41. The van der Waals surface area contributed by atoms with Crippen molar-refractivity contribution in [2.24, 2.45) is 5.73 Å². The van der Waals surface area contributed by atoms with Gasteiger partial charge in [0.05, 0.1) is 0 Å². The Morgan fingerprint density at radius 1 is 1.45 bits per heavy atom. The Bertz CT molecular complexity index is 424. The Morgan fingerprint density at radius 2 is 2.20 bits per heavy atom. The minimum atomic E-state index is 0.0208. The molecule has 1 fully saturated rings. The van der Waals surface area contributed by atoms with Crippen molar-refractivity contribution >= 4 is 11.6 Å². The van der Waals surface area contributed by atoms with Crippen molar-refractivity contribution in [2.75, 3.05) is 33.7 Å². The Morgan fingerprint density at radius 3 is 2.90 bits per heavy atom. The highest BCUT2D eigenvalue weighted by Gasteiger charge is 2.21. The highest BCUT2D eigenvalue weighted by Crippen LogP contribution is 2.23. The van der Waals surface area contributed by atoms with Crippen LogP contribution in [0.5, 0.6) is 0 Å². The number of piperidine rings is 1. The summed E-state index contributed by atoms with van der Waals surface area (Å²) >= 11 is 6.20. The van der Waals surface area contributed by atoms with Crippen molar-refractivity contribution in [2.45, 2.75) is 31.3 Å². The van der Waals surface area contributed by atoms with Crippen LogP contribution in [-0.2, 0) is 0 Å². The third kappa shape index (κ3) is 4.19. The molecular weight excluding hydrogens is 270 g/mol. The highest BCUT2D eigenvalue weighted by molar-refractivity contribution is 6.31. The number of halogens is 1. The van der Waals surface area contributed by atoms with Gasteiger partial charge in [0.15, 0.2) is 0 Å². The first kappa shape index (κ1) is 15.8. The van der Waals surface area contributed by atoms with Crippen molar-refractivity contribution in [3.05, 3.63) is 34.9 Å². The number of nitrogens with two attached hydrogens (primary N) is 1. The fourth-order valence-electron chi connectivity index (χ4n) is 2.96. The molecular formula is C16H26ClN3. The summed E-state index contributed by atoms with van der Waals surface area (Å²) in [6, 6.07) is 8.57. The van der Waals surface area contributed by atoms with Crippen LogP contribution in [-0.4, -0.2) is 49.6 Å². The van der Waals surface area contributed by atoms with E-state index in [1.165, 1.54) is 19.4 Å². The normalized spacial score (nSPS) is 22.1. The summed E-state index contributed by atoms with van der Waals surface area (Å²) in [7, 11) is 4.42. The minimum Gasteiger partial charge on any atom is -0.324 e. The van der Waals surface area contributed by atoms with Gasteiger partial charge in [-0.2, -0.15) is 0 Å². The van der Waals surface area contributed by atoms with Crippen LogP contribution in [0.3, 0.4) is 0 Å². The topological polar surface area (TPSA) is 32.5 Å². The van der Waals surface area contributed by atoms with Gasteiger partial charge < -0.3 is 15.5 Å². The molecule has 0 aromatic heterocycles. The predicted molar refractivity (Wildman–Crippen MR) is 86.1 cm³/mol. The molecule has 0 bridgehead atoms. The Kier molecular flexibility index (Phi) is 5.85. The van der Waals surface area contributed by atoms with E-state index in [2.05, 4.69) is 23.9 Å². The van der Waals surface area contributed by atoms with E-state index in [0.717, 1.165) is 30.1 Å². The van der Waals surface area contributed by atoms with E-state index in [0.29, 0.717) is 6.04 Å². The molecule has 2 atom stereocenters. The number of hydrogen-bond acceptors (Lipinski definition) is 3. The summed E-state index contributed by atoms with van der Waals surface area (Å²) < 4.78 is 0. The standard InChI is InChI=1S/C16H26ClN3/c1-19-10-5-6-13(12-19)20(2)11-9-16(18)14-7-3-4-8-15(14)17/h3-4,7-8,13,16H,5-6,9-12,18H2,1-2H3. The van der Waals surface area contributed by atoms with Crippen LogP contribution in [0.15, 0.2) is 24.3 Å². The van der Waals surface area contributed by atoms with Crippen LogP contribution in [0, 0.1) is 0 Å². The Balaban J connectivity index is 1.83. The van der Waals surface area contributed by atoms with Gasteiger partial charge in [0.2, 0.25) is 0 Å². The predicted octanol–water partition coefficient (Wildman–Crippen LogP) is 2.76. The molecule has 2 rings (SSSR count). The van der Waals surface area contributed by atoms with E-state index in [-0.39, 0.29) is 6.04 Å². The van der Waals surface area contributed by atoms with Crippen LogP contribution in [0.25, 0.3) is 0 Å². The summed E-state index contributed by atoms with van der Waals surface area (Å²) in [5, 5.41) is 0.778. The summed E-state index contributed by atoms with van der Waals surface area (Å²) in [4.78, 5) is 4.87. The molecule has 1 saturated heterocycles. The lowest BCUT2D eigenvalue weighted by atomic mass is 10.0. The molecule has 0 radical (unpaired) electrons. The van der Waals surface area contributed by atoms with Gasteiger partial charge in [-0.05, 0) is 58.1 Å². The molecule has 0 spiro atoms. The average Bonchev–Trinajstić information content (AvgIpc) is 2.45. The molecule has 2 N–H and O–H groups in total. The number of benzene rings is 1. The number of likely N-dealkylation sites (N-methyl/N-ethyl adjacent to an activating group) is 2. The van der Waals surface area contributed by atoms with Gasteiger partial charge in [-0.3, -0.25) is 0 Å². The van der Waals surface area contributed by atoms with Crippen LogP contribution < -0.4 is 5.73 Å². The Hall–Kier alpha value is -0.610. The molecule has 1 aliphatic rings. The van der Waals surface area contributed by atoms with Gasteiger partial charge in [0, 0.05) is 23.7 Å². The van der Waals surface area contributed by atoms with Crippen molar-refractivity contribution in [1.82, 2.24) is 9.80 Å². The maximum absolute atomic E-state index is 6.28. The second-order valence-corrected chi connectivity index (χ2v) is 6.36. The first-order valence-corrected chi connectivity index (χ1v) is 7.84. The average molecular weight is 296 g/mol. The quantitative estimate of drug-likeness (QED) is 0.906. The second-order valence-electron chi connectivity index (χ2n) is 5.96. The first-order chi connectivity index (χ1) is 9.58. The van der Waals surface area contributed by atoms with E-state index in [1.54, 1.807) is 0 Å². The van der Waals surface area contributed by atoms with E-state index in [9.17, 15) is 0 Å². The zero-order chi connectivity index (χ0) is 14.5. The van der Waals surface area contributed by atoms with Gasteiger partial charge in [-0.25, -0.2) is 0 Å². The van der Waals surface area contributed by atoms with Gasteiger partial charge >= 0.3 is 0 Å². The zero-order valence-corrected chi connectivity index (χ0v) is 13.3. The van der Waals surface area contributed by atoms with E-state index in [4.69, 9.17) is 17.3 Å². The molecule has 1 aliphatic heterocycles. The smallest absolute Gasteiger partial charge is 0.0453 e. The van der Waals surface area contributed by atoms with Crippen molar-refractivity contribution in [1.29, 1.82) is 0 Å². The van der Waals surface area contributed by atoms with Crippen molar-refractivity contribution in [3.8, 4) is 0 Å². The Labute approximate surface area is 127 Å². The van der Waals surface area contributed by atoms with Gasteiger partial charge in [0.25, 0.3) is 0 Å². The lowest BCUT2D eigenvalue weighted by molar-refractivity contribution is 0.132. The maximum Gasteiger partial charge on any atom is 0.0453 e. The first-order valence-electron chi connectivity index (χ1n) is 7.46. The molecule has 0 amide bonds. The zero-order valence-electron chi connectivity index (χ0n) is 12.6. The highest BCUT2D eigenvalue weighted by atomic mass is 35.5. The van der Waals surface area contributed by atoms with Crippen LogP contribution in [0.1, 0.15) is 30.9 Å². The van der Waals surface area contributed by atoms with Crippen LogP contribution in [0.4, 0.5) is 0 Å². The minimum absolute atomic E-state index is 0.0208. The van der Waals surface area contributed by atoms with Crippen molar-refractivity contribution in [3.63, 3.8) is 0 Å². The molecule has 1 aromatic rings. The molecule has 0 saturated carbocycles. The maximum atomic E-state index is 6.28. The lowest BCUT2D eigenvalue weighted by Gasteiger charge is -2.36. The largest absolute Gasteiger partial charge is 0.324 e. The fraction of sp³-hybridized carbons (Fsp3) is 0.625. The van der Waals surface area contributed by atoms with Gasteiger partial charge in [0.1, 0.15) is 0 Å². The number of hydrogen-bond donors (Lipinski definition) is 1. The summed E-state index contributed by atoms with van der Waals surface area (Å²) in [5.41, 5.74) is 7.34. The second kappa shape index (κ2) is 7.41. The molecule has 3 nitrogen and oxygen atoms in total. The van der Waals surface area contributed by atoms with E-state index in [1.807, 2.05) is 24.3 Å². The molecule has 0 aliphatic carbocycles. The van der Waals surface area contributed by atoms with Crippen LogP contribution in [0.2, 0.25) is 5.02 Å². The summed E-state index contributed by atoms with van der Waals surface area (Å²) in [6.07, 6.45) is 3.53. The fourth-order valence-corrected chi connectivity index (χ4v) is 3.23. The van der Waals surface area contributed by atoms with Crippen LogP contribution >= 0.6 is 11.6 Å². The van der Waals surface area contributed by atoms with Gasteiger partial charge in [-0.15, -0.1) is 0 Å². The third-order valence-corrected chi connectivity index (χ3v) is 4.66. The molecule has 4 heteroatoms. The monoisotopic (exact) mass is 295 g/mol. The molecule has 1 heterocycles. The lowest BCUT2D eigenvalue weighted by Crippen LogP contribution is -2.45. The SMILES string of the molecule is CN1CCCC(N(C)CCC(N)c2ccccc2Cl)C1. The molecule has 2 unspecified atom stereocenters. The molecule has 1 aromatic carbocycles. The molecule has 112 valence electrons. The summed E-state index contributed by atoms with van der Waals surface area (Å²) in [5.74, 6) is 0. The molecule has 20 heavy (non-hydrogen) atoms. The van der Waals surface area contributed by atoms with E-state index >= 15 is 0 Å². The number of nitrogens with zero attached hydrogens (tertiary/aromatic N) is 2. The number of rotatable bonds is 5. The third-order valence-electron chi connectivity index (χ3n) is 4.32. The van der Waals surface area contributed by atoms with Crippen molar-refractivity contribution < 1.29 is 0 Å². The van der Waals surface area contributed by atoms with Gasteiger partial charge in [-0.1, -0.05) is 29.8 Å². The number of likely N-dealkylation sites (tertiary alicyclic amines) is 1.